The Kier molecular flexibility index (Phi) is 7.82. The second kappa shape index (κ2) is 13.8. The Morgan fingerprint density at radius 2 is 0.767 bits per heavy atom. The van der Waals surface area contributed by atoms with E-state index < -0.39 is 0 Å². The first-order chi connectivity index (χ1) is 29.7. The molecule has 3 heterocycles. The molecule has 12 rings (SSSR count). The molecule has 0 spiro atoms. The predicted octanol–water partition coefficient (Wildman–Crippen LogP) is 15.4. The first-order valence-electron chi connectivity index (χ1n) is 20.2. The maximum atomic E-state index is 6.58. The van der Waals surface area contributed by atoms with E-state index in [0.717, 1.165) is 111 Å². The number of hydrogen-bond donors (Lipinski definition) is 0. The van der Waals surface area contributed by atoms with Crippen molar-refractivity contribution in [3.05, 3.63) is 206 Å². The molecule has 0 radical (unpaired) electrons. The molecule has 12 aromatic rings. The van der Waals surface area contributed by atoms with Crippen LogP contribution >= 0.6 is 0 Å². The molecule has 9 aromatic carbocycles. The normalized spacial score (nSPS) is 11.7. The molecular weight excluding hydrogens is 733 g/mol. The molecule has 0 fully saturated rings. The van der Waals surface area contributed by atoms with E-state index in [1.165, 1.54) is 5.39 Å². The van der Waals surface area contributed by atoms with Gasteiger partial charge in [0.05, 0.1) is 11.4 Å². The molecule has 0 unspecified atom stereocenters. The van der Waals surface area contributed by atoms with Gasteiger partial charge in [0.2, 0.25) is 0 Å². The minimum absolute atomic E-state index is 0.692. The lowest BCUT2D eigenvalue weighted by Crippen LogP contribution is -1.96. The van der Waals surface area contributed by atoms with E-state index in [1.807, 2.05) is 42.5 Å². The molecule has 0 saturated carbocycles. The van der Waals surface area contributed by atoms with Crippen LogP contribution < -0.4 is 0 Å². The predicted molar refractivity (Wildman–Crippen MR) is 247 cm³/mol. The molecule has 0 amide bonds. The fourth-order valence-electron chi connectivity index (χ4n) is 8.79. The lowest BCUT2D eigenvalue weighted by molar-refractivity contribution is 0.670. The summed E-state index contributed by atoms with van der Waals surface area (Å²) in [7, 11) is 0. The van der Waals surface area contributed by atoms with E-state index >= 15 is 0 Å². The zero-order valence-electron chi connectivity index (χ0n) is 32.3. The van der Waals surface area contributed by atoms with Crippen molar-refractivity contribution in [2.75, 3.05) is 0 Å². The summed E-state index contributed by atoms with van der Waals surface area (Å²) in [6.07, 6.45) is 0. The highest BCUT2D eigenvalue weighted by Gasteiger charge is 2.18. The van der Waals surface area contributed by atoms with Crippen molar-refractivity contribution in [1.29, 1.82) is 0 Å². The average molecular weight is 767 g/mol. The molecule has 0 atom stereocenters. The minimum atomic E-state index is 0.692. The highest BCUT2D eigenvalue weighted by atomic mass is 16.3. The van der Waals surface area contributed by atoms with Crippen molar-refractivity contribution in [3.8, 4) is 67.3 Å². The minimum Gasteiger partial charge on any atom is -0.455 e. The molecule has 280 valence electrons. The summed E-state index contributed by atoms with van der Waals surface area (Å²) in [5, 5.41) is 6.75. The number of nitrogens with zero attached hydrogens (tertiary/aromatic N) is 2. The van der Waals surface area contributed by atoms with Crippen LogP contribution in [-0.4, -0.2) is 9.97 Å². The van der Waals surface area contributed by atoms with E-state index in [9.17, 15) is 0 Å². The van der Waals surface area contributed by atoms with E-state index in [4.69, 9.17) is 18.8 Å². The highest BCUT2D eigenvalue weighted by Crippen LogP contribution is 2.42. The maximum Gasteiger partial charge on any atom is 0.160 e. The third-order valence-electron chi connectivity index (χ3n) is 11.7. The van der Waals surface area contributed by atoms with Crippen molar-refractivity contribution in [2.45, 2.75) is 0 Å². The van der Waals surface area contributed by atoms with Gasteiger partial charge in [0.25, 0.3) is 0 Å². The molecule has 4 heteroatoms. The van der Waals surface area contributed by atoms with Crippen LogP contribution in [0.25, 0.3) is 122 Å². The lowest BCUT2D eigenvalue weighted by atomic mass is 9.91. The van der Waals surface area contributed by atoms with Crippen LogP contribution in [0.5, 0.6) is 0 Å². The molecule has 3 aromatic heterocycles. The van der Waals surface area contributed by atoms with E-state index in [1.54, 1.807) is 0 Å². The van der Waals surface area contributed by atoms with Crippen molar-refractivity contribution in [2.24, 2.45) is 0 Å². The molecular formula is C56H34N2O2. The standard InChI is InChI=1S/C56H34N2O2/c1-2-14-38(15-3-1)56-57-50(34-51(58-56)45-22-10-16-36-13-4-5-17-42(36)45)37-29-27-35(28-30-37)39-31-40(43-20-11-23-48-46-18-6-8-25-52(46)59-54(43)48)33-41(32-39)44-21-12-24-49-47-19-7-9-26-53(47)60-55(44)49/h1-34H. The van der Waals surface area contributed by atoms with E-state index in [-0.39, 0.29) is 0 Å². The van der Waals surface area contributed by atoms with Gasteiger partial charge in [0.1, 0.15) is 22.3 Å². The van der Waals surface area contributed by atoms with Crippen molar-refractivity contribution < 1.29 is 8.83 Å². The van der Waals surface area contributed by atoms with Gasteiger partial charge in [-0.1, -0.05) is 170 Å². The topological polar surface area (TPSA) is 52.1 Å². The van der Waals surface area contributed by atoms with E-state index in [0.29, 0.717) is 5.82 Å². The van der Waals surface area contributed by atoms with Crippen molar-refractivity contribution in [1.82, 2.24) is 9.97 Å². The van der Waals surface area contributed by atoms with Crippen LogP contribution in [0.1, 0.15) is 0 Å². The highest BCUT2D eigenvalue weighted by molar-refractivity contribution is 6.12. The van der Waals surface area contributed by atoms with Gasteiger partial charge in [-0.05, 0) is 69.4 Å². The SMILES string of the molecule is c1ccc(-c2nc(-c3ccc(-c4cc(-c5cccc6c5oc5ccccc56)cc(-c5cccc6c5oc5ccccc56)c4)cc3)cc(-c3cccc4ccccc34)n2)cc1. The fourth-order valence-corrected chi connectivity index (χ4v) is 8.79. The Bertz CT molecular complexity index is 3460. The van der Waals surface area contributed by atoms with E-state index in [2.05, 4.69) is 164 Å². The fraction of sp³-hybridized carbons (Fsp3) is 0. The second-order valence-corrected chi connectivity index (χ2v) is 15.3. The molecule has 4 nitrogen and oxygen atoms in total. The first kappa shape index (κ1) is 34.0. The van der Waals surface area contributed by atoms with Crippen LogP contribution in [-0.2, 0) is 0 Å². The zero-order valence-corrected chi connectivity index (χ0v) is 32.3. The summed E-state index contributed by atoms with van der Waals surface area (Å²) in [6, 6.07) is 72.1. The number of rotatable bonds is 6. The molecule has 0 aliphatic rings. The zero-order chi connectivity index (χ0) is 39.6. The van der Waals surface area contributed by atoms with Crippen molar-refractivity contribution >= 4 is 54.6 Å². The molecule has 0 aliphatic carbocycles. The molecule has 60 heavy (non-hydrogen) atoms. The third kappa shape index (κ3) is 5.69. The third-order valence-corrected chi connectivity index (χ3v) is 11.7. The number of hydrogen-bond acceptors (Lipinski definition) is 4. The number of furan rings is 2. The Labute approximate surface area is 345 Å². The summed E-state index contributed by atoms with van der Waals surface area (Å²) < 4.78 is 13.2. The van der Waals surface area contributed by atoms with Crippen LogP contribution in [0, 0.1) is 0 Å². The van der Waals surface area contributed by atoms with Crippen LogP contribution in [0.2, 0.25) is 0 Å². The van der Waals surface area contributed by atoms with Gasteiger partial charge >= 0.3 is 0 Å². The number of benzene rings is 9. The molecule has 0 saturated heterocycles. The van der Waals surface area contributed by atoms with Gasteiger partial charge in [-0.3, -0.25) is 0 Å². The van der Waals surface area contributed by atoms with Crippen LogP contribution in [0.3, 0.4) is 0 Å². The average Bonchev–Trinajstić information content (AvgIpc) is 3.90. The molecule has 0 bridgehead atoms. The summed E-state index contributed by atoms with van der Waals surface area (Å²) in [4.78, 5) is 10.3. The quantitative estimate of drug-likeness (QED) is 0.169. The second-order valence-electron chi connectivity index (χ2n) is 15.3. The number of para-hydroxylation sites is 4. The van der Waals surface area contributed by atoms with Gasteiger partial charge < -0.3 is 8.83 Å². The van der Waals surface area contributed by atoms with Gasteiger partial charge in [-0.25, -0.2) is 9.97 Å². The monoisotopic (exact) mass is 766 g/mol. The first-order valence-corrected chi connectivity index (χ1v) is 20.2. The van der Waals surface area contributed by atoms with Gasteiger partial charge in [-0.2, -0.15) is 0 Å². The van der Waals surface area contributed by atoms with Crippen LogP contribution in [0.15, 0.2) is 215 Å². The van der Waals surface area contributed by atoms with Gasteiger partial charge in [-0.15, -0.1) is 0 Å². The number of fused-ring (bicyclic) bond motifs is 7. The van der Waals surface area contributed by atoms with Gasteiger partial charge in [0.15, 0.2) is 5.82 Å². The Morgan fingerprint density at radius 1 is 0.283 bits per heavy atom. The summed E-state index contributed by atoms with van der Waals surface area (Å²) >= 11 is 0. The van der Waals surface area contributed by atoms with Gasteiger partial charge in [0, 0.05) is 49.4 Å². The smallest absolute Gasteiger partial charge is 0.160 e. The molecule has 0 aliphatic heterocycles. The Morgan fingerprint density at radius 3 is 1.43 bits per heavy atom. The van der Waals surface area contributed by atoms with Crippen LogP contribution in [0.4, 0.5) is 0 Å². The summed E-state index contributed by atoms with van der Waals surface area (Å²) in [5.41, 5.74) is 14.7. The van der Waals surface area contributed by atoms with Crippen molar-refractivity contribution in [3.63, 3.8) is 0 Å². The summed E-state index contributed by atoms with van der Waals surface area (Å²) in [6.45, 7) is 0. The summed E-state index contributed by atoms with van der Waals surface area (Å²) in [5.74, 6) is 0.692. The maximum absolute atomic E-state index is 6.58. The lowest BCUT2D eigenvalue weighted by Gasteiger charge is -2.13. The largest absolute Gasteiger partial charge is 0.455 e. The molecule has 0 N–H and O–H groups in total. The number of aromatic nitrogens is 2. The Balaban J connectivity index is 1.02. The Hall–Kier alpha value is -8.08.